The number of fused-ring (bicyclic) bond motifs is 1. The Morgan fingerprint density at radius 3 is 1.94 bits per heavy atom. The van der Waals surface area contributed by atoms with Gasteiger partial charge in [-0.05, 0) is 19.1 Å². The van der Waals surface area contributed by atoms with Crippen LogP contribution in [0.4, 0.5) is 8.78 Å². The molecule has 0 radical (unpaired) electrons. The fourth-order valence-electron chi connectivity index (χ4n) is 1.66. The average Bonchev–Trinajstić information content (AvgIpc) is 2.52. The van der Waals surface area contributed by atoms with E-state index in [9.17, 15) is 18.4 Å². The molecule has 0 bridgehead atoms. The second-order valence-electron chi connectivity index (χ2n) is 3.60. The van der Waals surface area contributed by atoms with E-state index in [4.69, 9.17) is 5.26 Å². The lowest BCUT2D eigenvalue weighted by Crippen LogP contribution is -2.36. The molecule has 1 aliphatic rings. The summed E-state index contributed by atoms with van der Waals surface area (Å²) < 4.78 is 25.9. The molecular formula is C11H6F2N2O2. The van der Waals surface area contributed by atoms with Gasteiger partial charge in [-0.1, -0.05) is 0 Å². The van der Waals surface area contributed by atoms with Crippen LogP contribution in [-0.2, 0) is 0 Å². The third-order valence-corrected chi connectivity index (χ3v) is 2.53. The van der Waals surface area contributed by atoms with Gasteiger partial charge in [0.05, 0.1) is 17.2 Å². The molecule has 1 aromatic carbocycles. The minimum absolute atomic E-state index is 0.212. The summed E-state index contributed by atoms with van der Waals surface area (Å²) in [7, 11) is 0. The van der Waals surface area contributed by atoms with Crippen molar-refractivity contribution in [3.05, 3.63) is 34.9 Å². The van der Waals surface area contributed by atoms with E-state index >= 15 is 0 Å². The number of benzene rings is 1. The van der Waals surface area contributed by atoms with Gasteiger partial charge in [0.15, 0.2) is 11.6 Å². The van der Waals surface area contributed by atoms with E-state index in [1.165, 1.54) is 6.92 Å². The van der Waals surface area contributed by atoms with Crippen LogP contribution in [-0.4, -0.2) is 22.8 Å². The first-order chi connectivity index (χ1) is 7.97. The number of hydrogen-bond acceptors (Lipinski definition) is 3. The van der Waals surface area contributed by atoms with Gasteiger partial charge in [0.2, 0.25) is 0 Å². The van der Waals surface area contributed by atoms with Crippen molar-refractivity contribution < 1.29 is 18.4 Å². The van der Waals surface area contributed by atoms with Crippen LogP contribution in [0.25, 0.3) is 0 Å². The lowest BCUT2D eigenvalue weighted by Gasteiger charge is -2.15. The molecule has 0 aliphatic carbocycles. The number of nitriles is 1. The van der Waals surface area contributed by atoms with Gasteiger partial charge in [0.1, 0.15) is 6.04 Å². The van der Waals surface area contributed by atoms with Crippen molar-refractivity contribution in [3.63, 3.8) is 0 Å². The van der Waals surface area contributed by atoms with E-state index in [1.807, 2.05) is 0 Å². The summed E-state index contributed by atoms with van der Waals surface area (Å²) in [5.74, 6) is -3.95. The van der Waals surface area contributed by atoms with Crippen LogP contribution >= 0.6 is 0 Å². The second-order valence-corrected chi connectivity index (χ2v) is 3.60. The Balaban J connectivity index is 2.58. The standard InChI is InChI=1S/C11H6F2N2O2/c1-5(4-14)15-10(16)6-2-8(12)9(13)3-7(6)11(15)17/h2-3,5H,1H3. The van der Waals surface area contributed by atoms with Crippen molar-refractivity contribution in [2.24, 2.45) is 0 Å². The zero-order chi connectivity index (χ0) is 12.7. The molecule has 17 heavy (non-hydrogen) atoms. The van der Waals surface area contributed by atoms with E-state index < -0.39 is 29.5 Å². The van der Waals surface area contributed by atoms with Gasteiger partial charge in [0, 0.05) is 0 Å². The SMILES string of the molecule is CC(C#N)N1C(=O)c2cc(F)c(F)cc2C1=O. The van der Waals surface area contributed by atoms with Crippen molar-refractivity contribution in [2.75, 3.05) is 0 Å². The van der Waals surface area contributed by atoms with Crippen LogP contribution in [0.1, 0.15) is 27.6 Å². The minimum atomic E-state index is -1.20. The fourth-order valence-corrected chi connectivity index (χ4v) is 1.66. The minimum Gasteiger partial charge on any atom is -0.269 e. The predicted octanol–water partition coefficient (Wildman–Crippen LogP) is 1.47. The second kappa shape index (κ2) is 3.63. The largest absolute Gasteiger partial charge is 0.269 e. The number of carbonyl (C=O) groups excluding carboxylic acids is 2. The van der Waals surface area contributed by atoms with Crippen molar-refractivity contribution in [1.29, 1.82) is 5.26 Å². The quantitative estimate of drug-likeness (QED) is 0.694. The number of hydrogen-bond donors (Lipinski definition) is 0. The maximum Gasteiger partial charge on any atom is 0.262 e. The summed E-state index contributed by atoms with van der Waals surface area (Å²) >= 11 is 0. The lowest BCUT2D eigenvalue weighted by molar-refractivity contribution is 0.0629. The Kier molecular flexibility index (Phi) is 2.39. The average molecular weight is 236 g/mol. The van der Waals surface area contributed by atoms with Crippen LogP contribution < -0.4 is 0 Å². The number of amides is 2. The maximum absolute atomic E-state index is 13.0. The molecule has 2 rings (SSSR count). The number of imide groups is 1. The Morgan fingerprint density at radius 2 is 1.59 bits per heavy atom. The molecule has 0 N–H and O–H groups in total. The number of halogens is 2. The molecule has 1 aliphatic heterocycles. The zero-order valence-corrected chi connectivity index (χ0v) is 8.70. The Hall–Kier alpha value is -2.29. The van der Waals surface area contributed by atoms with Crippen molar-refractivity contribution in [2.45, 2.75) is 13.0 Å². The van der Waals surface area contributed by atoms with Crippen LogP contribution in [0, 0.1) is 23.0 Å². The topological polar surface area (TPSA) is 61.2 Å². The molecule has 1 unspecified atom stereocenters. The summed E-state index contributed by atoms with van der Waals surface area (Å²) in [6.45, 7) is 1.36. The normalized spacial score (nSPS) is 15.8. The molecule has 86 valence electrons. The first-order valence-electron chi connectivity index (χ1n) is 4.74. The predicted molar refractivity (Wildman–Crippen MR) is 51.9 cm³/mol. The molecule has 0 spiro atoms. The summed E-state index contributed by atoms with van der Waals surface area (Å²) in [5, 5.41) is 8.67. The van der Waals surface area contributed by atoms with Crippen LogP contribution in [0.15, 0.2) is 12.1 Å². The summed E-state index contributed by atoms with van der Waals surface area (Å²) in [4.78, 5) is 24.2. The molecule has 0 fully saturated rings. The maximum atomic E-state index is 13.0. The van der Waals surface area contributed by atoms with Gasteiger partial charge < -0.3 is 0 Å². The Labute approximate surface area is 95.1 Å². The summed E-state index contributed by atoms with van der Waals surface area (Å²) in [5.41, 5.74) is -0.424. The Morgan fingerprint density at radius 1 is 1.18 bits per heavy atom. The third kappa shape index (κ3) is 1.47. The molecule has 4 nitrogen and oxygen atoms in total. The highest BCUT2D eigenvalue weighted by Gasteiger charge is 2.39. The lowest BCUT2D eigenvalue weighted by atomic mass is 10.1. The van der Waals surface area contributed by atoms with Gasteiger partial charge in [-0.15, -0.1) is 0 Å². The zero-order valence-electron chi connectivity index (χ0n) is 8.70. The summed E-state index contributed by atoms with van der Waals surface area (Å²) in [6.07, 6.45) is 0. The molecule has 6 heteroatoms. The van der Waals surface area contributed by atoms with Crippen LogP contribution in [0.3, 0.4) is 0 Å². The molecular weight excluding hydrogens is 230 g/mol. The van der Waals surface area contributed by atoms with Gasteiger partial charge in [-0.25, -0.2) is 8.78 Å². The third-order valence-electron chi connectivity index (χ3n) is 2.53. The first kappa shape index (κ1) is 11.2. The molecule has 2 amide bonds. The molecule has 0 aromatic heterocycles. The van der Waals surface area contributed by atoms with Crippen molar-refractivity contribution >= 4 is 11.8 Å². The van der Waals surface area contributed by atoms with E-state index in [2.05, 4.69) is 0 Å². The monoisotopic (exact) mass is 236 g/mol. The van der Waals surface area contributed by atoms with Crippen LogP contribution in [0.2, 0.25) is 0 Å². The van der Waals surface area contributed by atoms with E-state index in [0.29, 0.717) is 17.0 Å². The van der Waals surface area contributed by atoms with E-state index in [-0.39, 0.29) is 11.1 Å². The van der Waals surface area contributed by atoms with Gasteiger partial charge in [0.25, 0.3) is 11.8 Å². The number of carbonyl (C=O) groups is 2. The van der Waals surface area contributed by atoms with Crippen molar-refractivity contribution in [3.8, 4) is 6.07 Å². The summed E-state index contributed by atoms with van der Waals surface area (Å²) in [6, 6.07) is 2.10. The molecule has 1 aromatic rings. The molecule has 1 atom stereocenters. The number of rotatable bonds is 1. The van der Waals surface area contributed by atoms with E-state index in [1.54, 1.807) is 6.07 Å². The van der Waals surface area contributed by atoms with Gasteiger partial charge in [-0.3, -0.25) is 14.5 Å². The highest BCUT2D eigenvalue weighted by Crippen LogP contribution is 2.26. The molecule has 0 saturated carbocycles. The fraction of sp³-hybridized carbons (Fsp3) is 0.182. The van der Waals surface area contributed by atoms with Crippen molar-refractivity contribution in [1.82, 2.24) is 4.90 Å². The number of nitrogens with zero attached hydrogens (tertiary/aromatic N) is 2. The highest BCUT2D eigenvalue weighted by atomic mass is 19.2. The van der Waals surface area contributed by atoms with Gasteiger partial charge in [-0.2, -0.15) is 5.26 Å². The van der Waals surface area contributed by atoms with Gasteiger partial charge >= 0.3 is 0 Å². The molecule has 1 heterocycles. The smallest absolute Gasteiger partial charge is 0.262 e. The van der Waals surface area contributed by atoms with E-state index in [0.717, 1.165) is 0 Å². The van der Waals surface area contributed by atoms with Crippen LogP contribution in [0.5, 0.6) is 0 Å². The Bertz CT molecular complexity index is 537. The highest BCUT2D eigenvalue weighted by molar-refractivity contribution is 6.21. The first-order valence-corrected chi connectivity index (χ1v) is 4.74. The molecule has 0 saturated heterocycles.